The summed E-state index contributed by atoms with van der Waals surface area (Å²) in [5.41, 5.74) is -0.0878. The number of morpholine rings is 1. The summed E-state index contributed by atoms with van der Waals surface area (Å²) in [6.07, 6.45) is 3.57. The molecule has 3 aliphatic rings. The van der Waals surface area contributed by atoms with Gasteiger partial charge < -0.3 is 19.4 Å². The van der Waals surface area contributed by atoms with Gasteiger partial charge in [0.15, 0.2) is 11.6 Å². The van der Waals surface area contributed by atoms with Crippen LogP contribution in [0.3, 0.4) is 0 Å². The molecule has 0 aromatic carbocycles. The van der Waals surface area contributed by atoms with Crippen molar-refractivity contribution in [3.8, 4) is 0 Å². The summed E-state index contributed by atoms with van der Waals surface area (Å²) in [7, 11) is 4.01. The summed E-state index contributed by atoms with van der Waals surface area (Å²) < 4.78 is 19.8. The number of carbonyl (C=O) groups is 1. The molecule has 1 aromatic rings. The maximum atomic E-state index is 14.4. The molecule has 3 fully saturated rings. The fraction of sp³-hybridized carbons (Fsp3) is 0.737. The zero-order chi connectivity index (χ0) is 19.7. The van der Waals surface area contributed by atoms with Gasteiger partial charge in [0.25, 0.3) is 0 Å². The minimum atomic E-state index is -0.392. The van der Waals surface area contributed by atoms with Gasteiger partial charge in [-0.15, -0.1) is 0 Å². The molecule has 0 N–H and O–H groups in total. The molecule has 0 radical (unpaired) electrons. The number of ether oxygens (including phenoxy) is 1. The lowest BCUT2D eigenvalue weighted by atomic mass is 9.86. The number of rotatable bonds is 2. The predicted molar refractivity (Wildman–Crippen MR) is 104 cm³/mol. The van der Waals surface area contributed by atoms with E-state index in [1.165, 1.54) is 6.20 Å². The lowest BCUT2D eigenvalue weighted by Crippen LogP contribution is -2.61. The largest absolute Gasteiger partial charge is 0.378 e. The lowest BCUT2D eigenvalue weighted by molar-refractivity contribution is -0.129. The highest BCUT2D eigenvalue weighted by molar-refractivity contribution is 5.76. The fourth-order valence-electron chi connectivity index (χ4n) is 4.43. The first kappa shape index (κ1) is 19.3. The van der Waals surface area contributed by atoms with Gasteiger partial charge in [-0.25, -0.2) is 9.37 Å². The highest BCUT2D eigenvalue weighted by atomic mass is 19.1. The first-order valence-electron chi connectivity index (χ1n) is 10.0. The molecule has 28 heavy (non-hydrogen) atoms. The number of halogens is 1. The number of nitrogens with zero attached hydrogens (tertiary/aromatic N) is 6. The van der Waals surface area contributed by atoms with Gasteiger partial charge in [0.2, 0.25) is 11.9 Å². The van der Waals surface area contributed by atoms with E-state index in [4.69, 9.17) is 4.74 Å². The van der Waals surface area contributed by atoms with E-state index in [2.05, 4.69) is 26.8 Å². The van der Waals surface area contributed by atoms with Gasteiger partial charge in [-0.3, -0.25) is 9.69 Å². The van der Waals surface area contributed by atoms with Crippen LogP contribution in [-0.4, -0.2) is 97.8 Å². The minimum absolute atomic E-state index is 0.0878. The Morgan fingerprint density at radius 2 is 1.86 bits per heavy atom. The number of hydrogen-bond acceptors (Lipinski definition) is 7. The number of aromatic nitrogens is 2. The number of likely N-dealkylation sites (N-methyl/N-ethyl adjacent to an activating group) is 1. The van der Waals surface area contributed by atoms with E-state index in [0.717, 1.165) is 39.0 Å². The minimum Gasteiger partial charge on any atom is -0.378 e. The Balaban J connectivity index is 1.57. The van der Waals surface area contributed by atoms with Crippen molar-refractivity contribution in [1.29, 1.82) is 0 Å². The van der Waals surface area contributed by atoms with Crippen LogP contribution in [0.5, 0.6) is 0 Å². The van der Waals surface area contributed by atoms with Gasteiger partial charge in [-0.2, -0.15) is 4.98 Å². The van der Waals surface area contributed by atoms with Gasteiger partial charge in [0.05, 0.1) is 19.4 Å². The molecule has 4 heterocycles. The van der Waals surface area contributed by atoms with Crippen LogP contribution >= 0.6 is 0 Å². The van der Waals surface area contributed by atoms with Crippen molar-refractivity contribution in [2.75, 3.05) is 76.4 Å². The first-order chi connectivity index (χ1) is 13.5. The smallest absolute Gasteiger partial charge is 0.227 e. The molecule has 0 aliphatic carbocycles. The number of piperazine rings is 1. The average Bonchev–Trinajstić information content (AvgIpc) is 2.86. The quantitative estimate of drug-likeness (QED) is 0.730. The third-order valence-corrected chi connectivity index (χ3v) is 6.45. The lowest BCUT2D eigenvalue weighted by Gasteiger charge is -2.49. The summed E-state index contributed by atoms with van der Waals surface area (Å²) in [6, 6.07) is 0. The summed E-state index contributed by atoms with van der Waals surface area (Å²) >= 11 is 0. The Morgan fingerprint density at radius 3 is 2.64 bits per heavy atom. The topological polar surface area (TPSA) is 65.0 Å². The Hall–Kier alpha value is -2.00. The van der Waals surface area contributed by atoms with Crippen molar-refractivity contribution in [2.24, 2.45) is 0 Å². The van der Waals surface area contributed by atoms with Gasteiger partial charge in [-0.1, -0.05) is 0 Å². The van der Waals surface area contributed by atoms with E-state index < -0.39 is 5.82 Å². The summed E-state index contributed by atoms with van der Waals surface area (Å²) in [5.74, 6) is 0.738. The molecule has 0 bridgehead atoms. The summed E-state index contributed by atoms with van der Waals surface area (Å²) in [4.78, 5) is 29.3. The third kappa shape index (κ3) is 3.65. The number of likely N-dealkylation sites (tertiary alicyclic amines) is 1. The molecule has 1 aromatic heterocycles. The second-order valence-corrected chi connectivity index (χ2v) is 8.07. The van der Waals surface area contributed by atoms with Crippen LogP contribution in [0.2, 0.25) is 0 Å². The van der Waals surface area contributed by atoms with Gasteiger partial charge in [-0.05, 0) is 19.9 Å². The third-order valence-electron chi connectivity index (χ3n) is 6.45. The van der Waals surface area contributed by atoms with Gasteiger partial charge >= 0.3 is 0 Å². The standard InChI is InChI=1S/C19H29FN6O2/c1-23-6-5-19(4-3-16(23)27)14-26(8-7-24(19)2)18-21-13-15(20)17(22-18)25-9-11-28-12-10-25/h13H,3-12,14H2,1-2H3/t19-/m0/s1. The zero-order valence-corrected chi connectivity index (χ0v) is 16.7. The normalized spacial score (nSPS) is 27.4. The van der Waals surface area contributed by atoms with E-state index in [-0.39, 0.29) is 11.4 Å². The molecule has 9 heteroatoms. The molecule has 8 nitrogen and oxygen atoms in total. The van der Waals surface area contributed by atoms with Crippen LogP contribution in [0.15, 0.2) is 6.20 Å². The Kier molecular flexibility index (Phi) is 5.37. The molecule has 154 valence electrons. The van der Waals surface area contributed by atoms with Crippen molar-refractivity contribution >= 4 is 17.7 Å². The SMILES string of the molecule is CN1CC[C@@]2(CCC1=O)CN(c1ncc(F)c(N3CCOCC3)n1)CCN2C. The molecule has 0 saturated carbocycles. The maximum absolute atomic E-state index is 14.4. The molecule has 1 amide bonds. The molecular formula is C19H29FN6O2. The van der Waals surface area contributed by atoms with E-state index in [9.17, 15) is 9.18 Å². The Bertz CT molecular complexity index is 728. The molecule has 0 unspecified atom stereocenters. The van der Waals surface area contributed by atoms with E-state index in [0.29, 0.717) is 44.5 Å². The second kappa shape index (κ2) is 7.79. The molecule has 3 aliphatic heterocycles. The first-order valence-corrected chi connectivity index (χ1v) is 10.0. The van der Waals surface area contributed by atoms with Crippen LogP contribution in [-0.2, 0) is 9.53 Å². The van der Waals surface area contributed by atoms with Crippen molar-refractivity contribution in [1.82, 2.24) is 19.8 Å². The van der Waals surface area contributed by atoms with E-state index in [1.54, 1.807) is 0 Å². The van der Waals surface area contributed by atoms with Crippen LogP contribution < -0.4 is 9.80 Å². The van der Waals surface area contributed by atoms with Crippen molar-refractivity contribution in [2.45, 2.75) is 24.8 Å². The van der Waals surface area contributed by atoms with Crippen molar-refractivity contribution < 1.29 is 13.9 Å². The monoisotopic (exact) mass is 392 g/mol. The summed E-state index contributed by atoms with van der Waals surface area (Å²) in [6.45, 7) is 5.58. The van der Waals surface area contributed by atoms with E-state index >= 15 is 0 Å². The number of carbonyl (C=O) groups excluding carboxylic acids is 1. The predicted octanol–water partition coefficient (Wildman–Crippen LogP) is 0.585. The zero-order valence-electron chi connectivity index (χ0n) is 16.7. The fourth-order valence-corrected chi connectivity index (χ4v) is 4.43. The van der Waals surface area contributed by atoms with Crippen LogP contribution in [0.25, 0.3) is 0 Å². The second-order valence-electron chi connectivity index (χ2n) is 8.07. The number of anilines is 2. The average molecular weight is 392 g/mol. The van der Waals surface area contributed by atoms with Crippen LogP contribution in [0.4, 0.5) is 16.2 Å². The van der Waals surface area contributed by atoms with Crippen molar-refractivity contribution in [3.05, 3.63) is 12.0 Å². The Morgan fingerprint density at radius 1 is 1.07 bits per heavy atom. The maximum Gasteiger partial charge on any atom is 0.227 e. The molecule has 1 atom stereocenters. The molecule has 1 spiro atoms. The molecule has 4 rings (SSSR count). The van der Waals surface area contributed by atoms with Crippen LogP contribution in [0, 0.1) is 5.82 Å². The summed E-state index contributed by atoms with van der Waals surface area (Å²) in [5, 5.41) is 0. The van der Waals surface area contributed by atoms with Crippen LogP contribution in [0.1, 0.15) is 19.3 Å². The highest BCUT2D eigenvalue weighted by Gasteiger charge is 2.42. The molecule has 3 saturated heterocycles. The highest BCUT2D eigenvalue weighted by Crippen LogP contribution is 2.33. The number of hydrogen-bond donors (Lipinski definition) is 0. The van der Waals surface area contributed by atoms with Crippen molar-refractivity contribution in [3.63, 3.8) is 0 Å². The van der Waals surface area contributed by atoms with E-state index in [1.807, 2.05) is 16.8 Å². The number of amides is 1. The van der Waals surface area contributed by atoms with Gasteiger partial charge in [0, 0.05) is 58.3 Å². The molecular weight excluding hydrogens is 363 g/mol. The Labute approximate surface area is 165 Å². The van der Waals surface area contributed by atoms with Gasteiger partial charge in [0.1, 0.15) is 0 Å².